The van der Waals surface area contributed by atoms with Crippen molar-refractivity contribution >= 4 is 80.5 Å². The molecule has 0 amide bonds. The summed E-state index contributed by atoms with van der Waals surface area (Å²) in [5.74, 6) is 0. The van der Waals surface area contributed by atoms with Crippen LogP contribution >= 0.6 is 11.3 Å². The summed E-state index contributed by atoms with van der Waals surface area (Å²) in [6.07, 6.45) is 0. The average molecular weight is 678 g/mol. The Balaban J connectivity index is 1.14. The molecule has 0 aliphatic heterocycles. The summed E-state index contributed by atoms with van der Waals surface area (Å²) in [6.45, 7) is 0. The lowest BCUT2D eigenvalue weighted by Crippen LogP contribution is -1.93. The second-order valence-corrected chi connectivity index (χ2v) is 14.5. The molecule has 0 aliphatic rings. The number of fused-ring (bicyclic) bond motifs is 12. The van der Waals surface area contributed by atoms with E-state index in [1.165, 1.54) is 58.1 Å². The molecule has 0 spiro atoms. The predicted molar refractivity (Wildman–Crippen MR) is 219 cm³/mol. The fraction of sp³-hybridized carbons (Fsp3) is 0. The third kappa shape index (κ3) is 4.21. The monoisotopic (exact) mass is 677 g/mol. The molecule has 11 rings (SSSR count). The van der Waals surface area contributed by atoms with Crippen LogP contribution in [0, 0.1) is 11.3 Å². The molecule has 4 heteroatoms. The molecule has 3 aromatic heterocycles. The van der Waals surface area contributed by atoms with Crippen molar-refractivity contribution in [3.8, 4) is 39.6 Å². The topological polar surface area (TPSA) is 41.1 Å². The molecule has 11 aromatic rings. The highest BCUT2D eigenvalue weighted by Crippen LogP contribution is 2.44. The summed E-state index contributed by atoms with van der Waals surface area (Å²) < 4.78 is 4.86. The van der Waals surface area contributed by atoms with Crippen LogP contribution in [0.25, 0.3) is 103 Å². The van der Waals surface area contributed by atoms with Crippen LogP contribution in [0.4, 0.5) is 0 Å². The molecule has 0 fully saturated rings. The Morgan fingerprint density at radius 2 is 1.10 bits per heavy atom. The smallest absolute Gasteiger partial charge is 0.156 e. The largest absolute Gasteiger partial charge is 0.291 e. The van der Waals surface area contributed by atoms with Crippen molar-refractivity contribution in [2.75, 3.05) is 0 Å². The highest BCUT2D eigenvalue weighted by atomic mass is 32.1. The van der Waals surface area contributed by atoms with E-state index in [1.807, 2.05) is 35.6 Å². The summed E-state index contributed by atoms with van der Waals surface area (Å²) >= 11 is 1.84. The van der Waals surface area contributed by atoms with Gasteiger partial charge in [-0.1, -0.05) is 133 Å². The normalized spacial score (nSPS) is 11.8. The lowest BCUT2D eigenvalue weighted by Gasteiger charge is -2.13. The molecule has 0 unspecified atom stereocenters. The van der Waals surface area contributed by atoms with Gasteiger partial charge in [-0.05, 0) is 85.1 Å². The van der Waals surface area contributed by atoms with Gasteiger partial charge in [0, 0.05) is 20.9 Å². The van der Waals surface area contributed by atoms with Crippen molar-refractivity contribution in [2.45, 2.75) is 0 Å². The molecular formula is C48H27N3S. The molecule has 3 heterocycles. The number of imidazole rings is 1. The summed E-state index contributed by atoms with van der Waals surface area (Å²) in [7, 11) is 0. The highest BCUT2D eigenvalue weighted by Gasteiger charge is 2.20. The Labute approximate surface area is 302 Å². The van der Waals surface area contributed by atoms with Gasteiger partial charge in [0.15, 0.2) is 5.65 Å². The van der Waals surface area contributed by atoms with E-state index < -0.39 is 0 Å². The van der Waals surface area contributed by atoms with E-state index in [2.05, 4.69) is 150 Å². The molecular weight excluding hydrogens is 651 g/mol. The minimum Gasteiger partial charge on any atom is -0.291 e. The maximum absolute atomic E-state index is 9.31. The standard InChI is InChI=1S/C48H27N3S/c49-28-29-13-15-32(16-14-29)35-23-24-36(40-12-6-5-11-39(35)40)33-17-19-34(20-18-33)43-27-41-45-37-9-3-1-7-30(37)22-26-44(45)52-47(41)48-50-46-38-10-4-2-8-31(38)21-25-42(46)51(43)48/h1-27H. The molecule has 0 radical (unpaired) electrons. The zero-order valence-electron chi connectivity index (χ0n) is 27.8. The van der Waals surface area contributed by atoms with Crippen LogP contribution in [0.1, 0.15) is 5.56 Å². The maximum Gasteiger partial charge on any atom is 0.156 e. The molecule has 0 saturated heterocycles. The number of benzene rings is 8. The fourth-order valence-electron chi connectivity index (χ4n) is 8.17. The molecule has 52 heavy (non-hydrogen) atoms. The van der Waals surface area contributed by atoms with Crippen molar-refractivity contribution in [3.05, 3.63) is 169 Å². The van der Waals surface area contributed by atoms with Crippen molar-refractivity contribution < 1.29 is 0 Å². The number of hydrogen-bond acceptors (Lipinski definition) is 3. The zero-order chi connectivity index (χ0) is 34.3. The molecule has 0 saturated carbocycles. The van der Waals surface area contributed by atoms with E-state index in [0.29, 0.717) is 5.56 Å². The summed E-state index contributed by atoms with van der Waals surface area (Å²) in [4.78, 5) is 5.43. The Bertz CT molecular complexity index is 3290. The van der Waals surface area contributed by atoms with E-state index in [4.69, 9.17) is 4.98 Å². The first-order valence-corrected chi connectivity index (χ1v) is 18.3. The van der Waals surface area contributed by atoms with Crippen LogP contribution < -0.4 is 0 Å². The first-order valence-electron chi connectivity index (χ1n) is 17.4. The summed E-state index contributed by atoms with van der Waals surface area (Å²) in [5.41, 5.74) is 10.7. The Hall–Kier alpha value is -6.80. The van der Waals surface area contributed by atoms with Gasteiger partial charge < -0.3 is 0 Å². The van der Waals surface area contributed by atoms with E-state index >= 15 is 0 Å². The summed E-state index contributed by atoms with van der Waals surface area (Å²) in [5, 5.41) is 19.1. The maximum atomic E-state index is 9.31. The van der Waals surface area contributed by atoms with Crippen molar-refractivity contribution in [2.24, 2.45) is 0 Å². The van der Waals surface area contributed by atoms with E-state index in [9.17, 15) is 5.26 Å². The van der Waals surface area contributed by atoms with Crippen LogP contribution in [0.3, 0.4) is 0 Å². The van der Waals surface area contributed by atoms with Crippen molar-refractivity contribution in [1.82, 2.24) is 9.38 Å². The fourth-order valence-corrected chi connectivity index (χ4v) is 9.34. The average Bonchev–Trinajstić information content (AvgIpc) is 3.80. The van der Waals surface area contributed by atoms with Gasteiger partial charge in [0.1, 0.15) is 0 Å². The third-order valence-corrected chi connectivity index (χ3v) is 11.8. The molecule has 0 atom stereocenters. The molecule has 3 nitrogen and oxygen atoms in total. The Kier molecular flexibility index (Phi) is 6.19. The van der Waals surface area contributed by atoms with Crippen LogP contribution in [0.15, 0.2) is 164 Å². The van der Waals surface area contributed by atoms with Gasteiger partial charge in [-0.2, -0.15) is 5.26 Å². The second kappa shape index (κ2) is 11.1. The Morgan fingerprint density at radius 1 is 0.519 bits per heavy atom. The number of nitrogens with zero attached hydrogens (tertiary/aromatic N) is 3. The van der Waals surface area contributed by atoms with Crippen LogP contribution in [-0.4, -0.2) is 9.38 Å². The van der Waals surface area contributed by atoms with Crippen LogP contribution in [-0.2, 0) is 0 Å². The van der Waals surface area contributed by atoms with Gasteiger partial charge in [0.05, 0.1) is 33.1 Å². The molecule has 0 bridgehead atoms. The lowest BCUT2D eigenvalue weighted by molar-refractivity contribution is 1.25. The van der Waals surface area contributed by atoms with Crippen LogP contribution in [0.2, 0.25) is 0 Å². The predicted octanol–water partition coefficient (Wildman–Crippen LogP) is 13.2. The van der Waals surface area contributed by atoms with Gasteiger partial charge in [0.2, 0.25) is 0 Å². The van der Waals surface area contributed by atoms with Crippen molar-refractivity contribution in [1.29, 1.82) is 5.26 Å². The molecule has 0 N–H and O–H groups in total. The van der Waals surface area contributed by atoms with E-state index in [-0.39, 0.29) is 0 Å². The lowest BCUT2D eigenvalue weighted by atomic mass is 9.91. The minimum absolute atomic E-state index is 0.666. The SMILES string of the molecule is N#Cc1ccc(-c2ccc(-c3ccc(-c4cc5c(sc6ccc7ccccc7c65)c5nc6c7ccccc7ccc6n45)cc3)c3ccccc23)cc1. The number of aromatic nitrogens is 2. The van der Waals surface area contributed by atoms with E-state index in [1.54, 1.807) is 0 Å². The highest BCUT2D eigenvalue weighted by molar-refractivity contribution is 7.26. The number of rotatable bonds is 3. The van der Waals surface area contributed by atoms with Crippen LogP contribution in [0.5, 0.6) is 0 Å². The Morgan fingerprint density at radius 3 is 1.79 bits per heavy atom. The number of hydrogen-bond donors (Lipinski definition) is 0. The molecule has 240 valence electrons. The van der Waals surface area contributed by atoms with Gasteiger partial charge in [-0.25, -0.2) is 4.98 Å². The number of nitriles is 1. The quantitative estimate of drug-likeness (QED) is 0.187. The van der Waals surface area contributed by atoms with Gasteiger partial charge in [0.25, 0.3) is 0 Å². The van der Waals surface area contributed by atoms with Gasteiger partial charge >= 0.3 is 0 Å². The van der Waals surface area contributed by atoms with E-state index in [0.717, 1.165) is 44.6 Å². The number of thiophene rings is 1. The second-order valence-electron chi connectivity index (χ2n) is 13.4. The van der Waals surface area contributed by atoms with Gasteiger partial charge in [-0.3, -0.25) is 4.40 Å². The number of pyridine rings is 1. The minimum atomic E-state index is 0.666. The first kappa shape index (κ1) is 29.0. The zero-order valence-corrected chi connectivity index (χ0v) is 28.7. The third-order valence-electron chi connectivity index (χ3n) is 10.6. The summed E-state index contributed by atoms with van der Waals surface area (Å²) in [6, 6.07) is 60.7. The molecule has 8 aromatic carbocycles. The molecule has 0 aliphatic carbocycles. The van der Waals surface area contributed by atoms with Gasteiger partial charge in [-0.15, -0.1) is 11.3 Å². The van der Waals surface area contributed by atoms with Crippen molar-refractivity contribution in [3.63, 3.8) is 0 Å². The first-order chi connectivity index (χ1) is 25.7.